The van der Waals surface area contributed by atoms with Crippen LogP contribution < -0.4 is 5.73 Å². The largest absolute Gasteiger partial charge is 0.327 e. The summed E-state index contributed by atoms with van der Waals surface area (Å²) in [4.78, 5) is 0. The van der Waals surface area contributed by atoms with Crippen LogP contribution in [-0.2, 0) is 5.41 Å². The molecule has 0 radical (unpaired) electrons. The van der Waals surface area contributed by atoms with E-state index in [1.165, 1.54) is 102 Å². The van der Waals surface area contributed by atoms with Gasteiger partial charge < -0.3 is 5.73 Å². The van der Waals surface area contributed by atoms with Crippen molar-refractivity contribution in [3.8, 4) is 0 Å². The van der Waals surface area contributed by atoms with E-state index >= 15 is 0 Å². The normalized spacial score (nSPS) is 13.0. The first-order valence-electron chi connectivity index (χ1n) is 12.4. The van der Waals surface area contributed by atoms with Gasteiger partial charge in [0, 0.05) is 11.5 Å². The summed E-state index contributed by atoms with van der Waals surface area (Å²) >= 11 is 0. The Morgan fingerprint density at radius 2 is 1.04 bits per heavy atom. The molecule has 0 saturated heterocycles. The van der Waals surface area contributed by atoms with Crippen molar-refractivity contribution in [3.05, 3.63) is 35.9 Å². The van der Waals surface area contributed by atoms with Crippen LogP contribution in [-0.4, -0.2) is 6.04 Å². The smallest absolute Gasteiger partial charge is 0.0131 e. The van der Waals surface area contributed by atoms with Crippen LogP contribution in [0.3, 0.4) is 0 Å². The molecule has 1 aromatic rings. The van der Waals surface area contributed by atoms with Crippen LogP contribution in [0.2, 0.25) is 0 Å². The van der Waals surface area contributed by atoms with Gasteiger partial charge in [0.2, 0.25) is 0 Å². The zero-order valence-electron chi connectivity index (χ0n) is 19.4. The van der Waals surface area contributed by atoms with Crippen LogP contribution in [0.5, 0.6) is 0 Å². The van der Waals surface area contributed by atoms with Gasteiger partial charge in [0.25, 0.3) is 0 Å². The Bertz CT molecular complexity index is 451. The number of hydrogen-bond donors (Lipinski definition) is 1. The maximum absolute atomic E-state index is 6.54. The fourth-order valence-electron chi connectivity index (χ4n) is 4.18. The molecule has 0 aromatic heterocycles. The van der Waals surface area contributed by atoms with Gasteiger partial charge in [-0.05, 0) is 12.0 Å². The van der Waals surface area contributed by atoms with Crippen LogP contribution >= 0.6 is 0 Å². The van der Waals surface area contributed by atoms with Gasteiger partial charge >= 0.3 is 0 Å². The predicted molar refractivity (Wildman–Crippen MR) is 127 cm³/mol. The third-order valence-electron chi connectivity index (χ3n) is 6.56. The fraction of sp³-hybridized carbons (Fsp3) is 0.778. The van der Waals surface area contributed by atoms with E-state index in [1.54, 1.807) is 0 Å². The molecule has 1 rings (SSSR count). The predicted octanol–water partition coefficient (Wildman–Crippen LogP) is 8.55. The van der Waals surface area contributed by atoms with Gasteiger partial charge in [-0.1, -0.05) is 147 Å². The van der Waals surface area contributed by atoms with Gasteiger partial charge in [-0.25, -0.2) is 0 Å². The molecule has 1 heteroatoms. The lowest BCUT2D eigenvalue weighted by molar-refractivity contribution is 0.375. The van der Waals surface area contributed by atoms with E-state index in [2.05, 4.69) is 51.1 Å². The van der Waals surface area contributed by atoms with Crippen LogP contribution in [0.4, 0.5) is 0 Å². The third kappa shape index (κ3) is 11.2. The van der Waals surface area contributed by atoms with Gasteiger partial charge in [-0.2, -0.15) is 0 Å². The average Bonchev–Trinajstić information content (AvgIpc) is 2.71. The minimum Gasteiger partial charge on any atom is -0.327 e. The van der Waals surface area contributed by atoms with Gasteiger partial charge in [0.1, 0.15) is 0 Å². The van der Waals surface area contributed by atoms with Gasteiger partial charge in [-0.3, -0.25) is 0 Å². The SMILES string of the molecule is CCCCCCCCCCCCCCCCCC(N)C(C)(C)c1ccccc1. The van der Waals surface area contributed by atoms with E-state index in [0.717, 1.165) is 6.42 Å². The number of nitrogens with two attached hydrogens (primary N) is 1. The van der Waals surface area contributed by atoms with E-state index in [-0.39, 0.29) is 11.5 Å². The fourth-order valence-corrected chi connectivity index (χ4v) is 4.18. The summed E-state index contributed by atoms with van der Waals surface area (Å²) in [5.41, 5.74) is 7.97. The lowest BCUT2D eigenvalue weighted by Gasteiger charge is -2.32. The molecule has 1 atom stereocenters. The molecule has 0 aliphatic rings. The molecule has 1 nitrogen and oxygen atoms in total. The summed E-state index contributed by atoms with van der Waals surface area (Å²) in [7, 11) is 0. The molecular formula is C27H49N. The van der Waals surface area contributed by atoms with E-state index in [0.29, 0.717) is 0 Å². The molecule has 0 bridgehead atoms. The van der Waals surface area contributed by atoms with Crippen molar-refractivity contribution in [1.29, 1.82) is 0 Å². The number of rotatable bonds is 18. The molecule has 0 saturated carbocycles. The van der Waals surface area contributed by atoms with Crippen molar-refractivity contribution in [2.75, 3.05) is 0 Å². The summed E-state index contributed by atoms with van der Waals surface area (Å²) in [5.74, 6) is 0. The van der Waals surface area contributed by atoms with Gasteiger partial charge in [-0.15, -0.1) is 0 Å². The van der Waals surface area contributed by atoms with E-state index in [9.17, 15) is 0 Å². The Balaban J connectivity index is 1.91. The minimum atomic E-state index is 0.0667. The van der Waals surface area contributed by atoms with Crippen LogP contribution in [0.15, 0.2) is 30.3 Å². The highest BCUT2D eigenvalue weighted by atomic mass is 14.7. The molecule has 0 spiro atoms. The topological polar surface area (TPSA) is 26.0 Å². The van der Waals surface area contributed by atoms with Crippen molar-refractivity contribution in [2.45, 2.75) is 135 Å². The highest BCUT2D eigenvalue weighted by Gasteiger charge is 2.27. The highest BCUT2D eigenvalue weighted by Crippen LogP contribution is 2.28. The lowest BCUT2D eigenvalue weighted by Crippen LogP contribution is -2.40. The molecule has 1 aromatic carbocycles. The summed E-state index contributed by atoms with van der Waals surface area (Å²) in [6.45, 7) is 6.87. The number of hydrogen-bond acceptors (Lipinski definition) is 1. The highest BCUT2D eigenvalue weighted by molar-refractivity contribution is 5.25. The monoisotopic (exact) mass is 387 g/mol. The molecular weight excluding hydrogens is 338 g/mol. The van der Waals surface area contributed by atoms with E-state index in [4.69, 9.17) is 5.73 Å². The standard InChI is InChI=1S/C27H49N/c1-4-5-6-7-8-9-10-11-12-13-14-15-16-17-21-24-26(28)27(2,3)25-22-19-18-20-23-25/h18-20,22-23,26H,4-17,21,24,28H2,1-3H3. The first kappa shape index (κ1) is 25.2. The second-order valence-corrected chi connectivity index (χ2v) is 9.43. The Labute approximate surface area is 176 Å². The van der Waals surface area contributed by atoms with Crippen molar-refractivity contribution in [1.82, 2.24) is 0 Å². The summed E-state index contributed by atoms with van der Waals surface area (Å²) in [5, 5.41) is 0. The van der Waals surface area contributed by atoms with Crippen molar-refractivity contribution in [2.24, 2.45) is 5.73 Å². The summed E-state index contributed by atoms with van der Waals surface area (Å²) in [6.07, 6.45) is 22.4. The van der Waals surface area contributed by atoms with Crippen LogP contribution in [0.25, 0.3) is 0 Å². The van der Waals surface area contributed by atoms with Gasteiger partial charge in [0.15, 0.2) is 0 Å². The minimum absolute atomic E-state index is 0.0667. The second-order valence-electron chi connectivity index (χ2n) is 9.43. The van der Waals surface area contributed by atoms with E-state index in [1.807, 2.05) is 0 Å². The first-order valence-corrected chi connectivity index (χ1v) is 12.4. The maximum Gasteiger partial charge on any atom is 0.0131 e. The average molecular weight is 388 g/mol. The first-order chi connectivity index (χ1) is 13.6. The number of unbranched alkanes of at least 4 members (excludes halogenated alkanes) is 14. The van der Waals surface area contributed by atoms with Crippen molar-refractivity contribution < 1.29 is 0 Å². The molecule has 0 aliphatic carbocycles. The zero-order chi connectivity index (χ0) is 20.5. The van der Waals surface area contributed by atoms with Gasteiger partial charge in [0.05, 0.1) is 0 Å². The van der Waals surface area contributed by atoms with E-state index < -0.39 is 0 Å². The molecule has 0 fully saturated rings. The Morgan fingerprint density at radius 1 is 0.643 bits per heavy atom. The molecule has 2 N–H and O–H groups in total. The Kier molecular flexibility index (Phi) is 14.4. The maximum atomic E-state index is 6.54. The van der Waals surface area contributed by atoms with Crippen molar-refractivity contribution >= 4 is 0 Å². The quantitative estimate of drug-likeness (QED) is 0.251. The third-order valence-corrected chi connectivity index (χ3v) is 6.56. The molecule has 0 aliphatic heterocycles. The second kappa shape index (κ2) is 16.0. The molecule has 162 valence electrons. The zero-order valence-corrected chi connectivity index (χ0v) is 19.4. The molecule has 0 heterocycles. The summed E-state index contributed by atoms with van der Waals surface area (Å²) < 4.78 is 0. The molecule has 0 amide bonds. The van der Waals surface area contributed by atoms with Crippen LogP contribution in [0.1, 0.15) is 129 Å². The van der Waals surface area contributed by atoms with Crippen LogP contribution in [0, 0.1) is 0 Å². The van der Waals surface area contributed by atoms with Crippen molar-refractivity contribution in [3.63, 3.8) is 0 Å². The lowest BCUT2D eigenvalue weighted by atomic mass is 9.76. The summed E-state index contributed by atoms with van der Waals surface area (Å²) in [6, 6.07) is 11.0. The Morgan fingerprint density at radius 3 is 1.46 bits per heavy atom. The molecule has 28 heavy (non-hydrogen) atoms. The Hall–Kier alpha value is -0.820. The number of benzene rings is 1. The molecule has 1 unspecified atom stereocenters.